The van der Waals surface area contributed by atoms with Gasteiger partial charge in [0.15, 0.2) is 0 Å². The summed E-state index contributed by atoms with van der Waals surface area (Å²) in [7, 11) is 0. The SMILES string of the molecule is CC(Sc1nnc(C(F)(F)F)n1N)C(=O)Nc1ccc(OCc2ccccc2)cc1. The molecule has 1 aromatic heterocycles. The molecule has 0 fully saturated rings. The van der Waals surface area contributed by atoms with Crippen molar-refractivity contribution in [2.45, 2.75) is 30.1 Å². The van der Waals surface area contributed by atoms with E-state index in [1.165, 1.54) is 6.92 Å². The van der Waals surface area contributed by atoms with Gasteiger partial charge in [0.2, 0.25) is 11.1 Å². The van der Waals surface area contributed by atoms with Gasteiger partial charge in [0.25, 0.3) is 5.82 Å². The average molecular weight is 437 g/mol. The molecule has 0 aliphatic carbocycles. The van der Waals surface area contributed by atoms with Crippen LogP contribution in [-0.2, 0) is 17.6 Å². The lowest BCUT2D eigenvalue weighted by atomic mass is 10.2. The Morgan fingerprint density at radius 3 is 2.43 bits per heavy atom. The number of carbonyl (C=O) groups is 1. The van der Waals surface area contributed by atoms with Crippen molar-refractivity contribution < 1.29 is 22.7 Å². The van der Waals surface area contributed by atoms with Crippen LogP contribution in [0.5, 0.6) is 5.75 Å². The van der Waals surface area contributed by atoms with Gasteiger partial charge < -0.3 is 15.9 Å². The van der Waals surface area contributed by atoms with E-state index >= 15 is 0 Å². The number of nitrogens with two attached hydrogens (primary N) is 1. The average Bonchev–Trinajstić information content (AvgIpc) is 3.09. The number of rotatable bonds is 7. The van der Waals surface area contributed by atoms with Crippen LogP contribution in [0, 0.1) is 0 Å². The summed E-state index contributed by atoms with van der Waals surface area (Å²) in [5.41, 5.74) is 1.55. The quantitative estimate of drug-likeness (QED) is 0.432. The summed E-state index contributed by atoms with van der Waals surface area (Å²) in [6.45, 7) is 1.94. The fourth-order valence-corrected chi connectivity index (χ4v) is 3.15. The number of aromatic nitrogens is 3. The third kappa shape index (κ3) is 5.44. The highest BCUT2D eigenvalue weighted by molar-refractivity contribution is 8.00. The van der Waals surface area contributed by atoms with E-state index in [-0.39, 0.29) is 5.16 Å². The zero-order valence-corrected chi connectivity index (χ0v) is 16.6. The minimum atomic E-state index is -4.73. The van der Waals surface area contributed by atoms with Crippen molar-refractivity contribution >= 4 is 23.4 Å². The molecule has 2 aromatic carbocycles. The van der Waals surface area contributed by atoms with Gasteiger partial charge in [-0.05, 0) is 36.8 Å². The van der Waals surface area contributed by atoms with Crippen LogP contribution in [0.15, 0.2) is 59.8 Å². The van der Waals surface area contributed by atoms with Crippen LogP contribution in [0.3, 0.4) is 0 Å². The smallest absolute Gasteiger partial charge is 0.453 e. The molecule has 30 heavy (non-hydrogen) atoms. The molecular formula is C19H18F3N5O2S. The van der Waals surface area contributed by atoms with Crippen LogP contribution in [-0.4, -0.2) is 26.0 Å². The van der Waals surface area contributed by atoms with E-state index in [0.29, 0.717) is 22.7 Å². The number of benzene rings is 2. The number of hydrogen-bond acceptors (Lipinski definition) is 6. The fraction of sp³-hybridized carbons (Fsp3) is 0.211. The number of amides is 1. The molecule has 3 rings (SSSR count). The Morgan fingerprint density at radius 2 is 1.83 bits per heavy atom. The van der Waals surface area contributed by atoms with E-state index in [1.54, 1.807) is 24.3 Å². The summed E-state index contributed by atoms with van der Waals surface area (Å²) in [6, 6.07) is 16.4. The van der Waals surface area contributed by atoms with Crippen molar-refractivity contribution in [1.82, 2.24) is 14.9 Å². The Labute approximate surface area is 174 Å². The number of anilines is 1. The maximum absolute atomic E-state index is 12.7. The number of alkyl halides is 3. The van der Waals surface area contributed by atoms with Gasteiger partial charge in [0.05, 0.1) is 5.25 Å². The highest BCUT2D eigenvalue weighted by atomic mass is 32.2. The van der Waals surface area contributed by atoms with E-state index in [0.717, 1.165) is 17.3 Å². The molecule has 1 amide bonds. The van der Waals surface area contributed by atoms with E-state index in [9.17, 15) is 18.0 Å². The van der Waals surface area contributed by atoms with Gasteiger partial charge in [0, 0.05) is 5.69 Å². The van der Waals surface area contributed by atoms with Crippen LogP contribution in [0.2, 0.25) is 0 Å². The van der Waals surface area contributed by atoms with Gasteiger partial charge in [-0.3, -0.25) is 4.79 Å². The number of hydrogen-bond donors (Lipinski definition) is 2. The number of ether oxygens (including phenoxy) is 1. The Hall–Kier alpha value is -3.21. The molecule has 0 spiro atoms. The van der Waals surface area contributed by atoms with E-state index in [1.807, 2.05) is 30.3 Å². The Kier molecular flexibility index (Phi) is 6.50. The zero-order chi connectivity index (χ0) is 21.7. The summed E-state index contributed by atoms with van der Waals surface area (Å²) < 4.78 is 44.2. The summed E-state index contributed by atoms with van der Waals surface area (Å²) in [5.74, 6) is 4.27. The second-order valence-corrected chi connectivity index (χ2v) is 7.53. The van der Waals surface area contributed by atoms with E-state index in [2.05, 4.69) is 15.5 Å². The Bertz CT molecular complexity index is 994. The molecule has 11 heteroatoms. The van der Waals surface area contributed by atoms with Crippen LogP contribution >= 0.6 is 11.8 Å². The van der Waals surface area contributed by atoms with E-state index < -0.39 is 23.2 Å². The molecule has 0 bridgehead atoms. The maximum atomic E-state index is 12.7. The predicted octanol–water partition coefficient (Wildman–Crippen LogP) is 3.71. The molecule has 3 aromatic rings. The first kappa shape index (κ1) is 21.5. The number of nitrogens with one attached hydrogen (secondary N) is 1. The highest BCUT2D eigenvalue weighted by Crippen LogP contribution is 2.30. The van der Waals surface area contributed by atoms with E-state index in [4.69, 9.17) is 10.6 Å². The lowest BCUT2D eigenvalue weighted by molar-refractivity contribution is -0.146. The number of thioether (sulfide) groups is 1. The molecule has 7 nitrogen and oxygen atoms in total. The minimum absolute atomic E-state index is 0.213. The predicted molar refractivity (Wildman–Crippen MR) is 106 cm³/mol. The summed E-state index contributed by atoms with van der Waals surface area (Å²) in [5, 5.41) is 8.14. The fourth-order valence-electron chi connectivity index (χ4n) is 2.38. The van der Waals surface area contributed by atoms with Crippen molar-refractivity contribution in [3.63, 3.8) is 0 Å². The Morgan fingerprint density at radius 1 is 1.17 bits per heavy atom. The minimum Gasteiger partial charge on any atom is -0.489 e. The second-order valence-electron chi connectivity index (χ2n) is 6.22. The molecule has 1 atom stereocenters. The summed E-state index contributed by atoms with van der Waals surface area (Å²) in [4.78, 5) is 12.3. The zero-order valence-electron chi connectivity index (χ0n) is 15.8. The normalized spacial score (nSPS) is 12.4. The number of nitrogens with zero attached hydrogens (tertiary/aromatic N) is 3. The first-order valence-corrected chi connectivity index (χ1v) is 9.64. The van der Waals surface area contributed by atoms with Crippen LogP contribution in [0.25, 0.3) is 0 Å². The molecule has 0 saturated heterocycles. The van der Waals surface area contributed by atoms with Gasteiger partial charge in [-0.1, -0.05) is 42.1 Å². The van der Waals surface area contributed by atoms with Crippen molar-refractivity contribution in [3.05, 3.63) is 66.0 Å². The molecule has 1 heterocycles. The molecule has 0 radical (unpaired) electrons. The molecule has 1 unspecified atom stereocenters. The molecular weight excluding hydrogens is 419 g/mol. The van der Waals surface area contributed by atoms with Gasteiger partial charge in [0.1, 0.15) is 12.4 Å². The van der Waals surface area contributed by atoms with Crippen molar-refractivity contribution in [1.29, 1.82) is 0 Å². The van der Waals surface area contributed by atoms with Gasteiger partial charge in [-0.2, -0.15) is 13.2 Å². The third-order valence-electron chi connectivity index (χ3n) is 3.94. The monoisotopic (exact) mass is 437 g/mol. The topological polar surface area (TPSA) is 95.1 Å². The van der Waals surface area contributed by atoms with Crippen molar-refractivity contribution in [2.24, 2.45) is 0 Å². The molecule has 158 valence electrons. The number of halogens is 3. The molecule has 0 saturated carbocycles. The second kappa shape index (κ2) is 9.08. The number of nitrogen functional groups attached to an aromatic ring is 1. The summed E-state index contributed by atoms with van der Waals surface area (Å²) in [6.07, 6.45) is -4.73. The highest BCUT2D eigenvalue weighted by Gasteiger charge is 2.38. The lowest BCUT2D eigenvalue weighted by Crippen LogP contribution is -2.25. The van der Waals surface area contributed by atoms with Crippen LogP contribution in [0.4, 0.5) is 18.9 Å². The van der Waals surface area contributed by atoms with Crippen molar-refractivity contribution in [3.8, 4) is 5.75 Å². The van der Waals surface area contributed by atoms with Crippen molar-refractivity contribution in [2.75, 3.05) is 11.2 Å². The first-order valence-electron chi connectivity index (χ1n) is 8.76. The number of carbonyl (C=O) groups excluding carboxylic acids is 1. The maximum Gasteiger partial charge on any atom is 0.453 e. The molecule has 0 aliphatic heterocycles. The van der Waals surface area contributed by atoms with Gasteiger partial charge in [-0.25, -0.2) is 4.68 Å². The van der Waals surface area contributed by atoms with Gasteiger partial charge >= 0.3 is 6.18 Å². The Balaban J connectivity index is 1.54. The molecule has 0 aliphatic rings. The molecule has 3 N–H and O–H groups in total. The lowest BCUT2D eigenvalue weighted by Gasteiger charge is -2.12. The largest absolute Gasteiger partial charge is 0.489 e. The summed E-state index contributed by atoms with van der Waals surface area (Å²) >= 11 is 0.771. The first-order chi connectivity index (χ1) is 14.2. The third-order valence-corrected chi connectivity index (χ3v) is 5.00. The van der Waals surface area contributed by atoms with Gasteiger partial charge in [-0.15, -0.1) is 10.2 Å². The standard InChI is InChI=1S/C19H18F3N5O2S/c1-12(30-18-26-25-17(27(18)23)19(20,21)22)16(28)24-14-7-9-15(10-8-14)29-11-13-5-3-2-4-6-13/h2-10,12H,11,23H2,1H3,(H,24,28). The van der Waals surface area contributed by atoms with Crippen LogP contribution in [0.1, 0.15) is 18.3 Å². The van der Waals surface area contributed by atoms with Crippen LogP contribution < -0.4 is 15.9 Å².